The van der Waals surface area contributed by atoms with E-state index in [9.17, 15) is 10.1 Å². The minimum Gasteiger partial charge on any atom is -0.377 e. The van der Waals surface area contributed by atoms with E-state index in [0.29, 0.717) is 23.6 Å². The topological polar surface area (TPSA) is 103 Å². The summed E-state index contributed by atoms with van der Waals surface area (Å²) in [5, 5.41) is 18.4. The Morgan fingerprint density at radius 2 is 2.29 bits per heavy atom. The van der Waals surface area contributed by atoms with Crippen LogP contribution in [0.3, 0.4) is 0 Å². The molecule has 24 heavy (non-hydrogen) atoms. The van der Waals surface area contributed by atoms with Gasteiger partial charge < -0.3 is 14.6 Å². The lowest BCUT2D eigenvalue weighted by Crippen LogP contribution is -2.18. The molecule has 1 unspecified atom stereocenters. The van der Waals surface area contributed by atoms with E-state index in [1.165, 1.54) is 6.07 Å². The van der Waals surface area contributed by atoms with Crippen molar-refractivity contribution < 1.29 is 14.2 Å². The predicted octanol–water partition coefficient (Wildman–Crippen LogP) is 3.36. The lowest BCUT2D eigenvalue weighted by molar-refractivity contribution is -0.383. The van der Waals surface area contributed by atoms with E-state index in [2.05, 4.69) is 15.5 Å². The zero-order valence-corrected chi connectivity index (χ0v) is 13.7. The molecule has 1 N–H and O–H groups in total. The van der Waals surface area contributed by atoms with Crippen LogP contribution in [0.1, 0.15) is 38.4 Å². The first-order chi connectivity index (χ1) is 11.5. The molecule has 1 atom stereocenters. The van der Waals surface area contributed by atoms with Gasteiger partial charge in [0.25, 0.3) is 11.6 Å². The van der Waals surface area contributed by atoms with E-state index in [0.717, 1.165) is 19.4 Å². The SMILES string of the molecule is CC(C)c1noc(-c2ccc(NCC3CCCO3)c([N+](=O)[O-])c2)n1. The molecule has 3 rings (SSSR count). The van der Waals surface area contributed by atoms with E-state index in [-0.39, 0.29) is 23.6 Å². The molecule has 128 valence electrons. The molecule has 1 aliphatic rings. The number of aromatic nitrogens is 2. The molecule has 0 bridgehead atoms. The van der Waals surface area contributed by atoms with Gasteiger partial charge in [-0.15, -0.1) is 0 Å². The molecule has 8 nitrogen and oxygen atoms in total. The maximum absolute atomic E-state index is 11.4. The number of nitro groups is 1. The molecule has 2 heterocycles. The molecule has 8 heteroatoms. The third kappa shape index (κ3) is 3.53. The number of ether oxygens (including phenoxy) is 1. The Hall–Kier alpha value is -2.48. The standard InChI is InChI=1S/C16H20N4O4/c1-10(2)15-18-16(24-19-15)11-5-6-13(14(8-11)20(21)22)17-9-12-4-3-7-23-12/h5-6,8,10,12,17H,3-4,7,9H2,1-2H3. The molecule has 0 amide bonds. The van der Waals surface area contributed by atoms with Crippen molar-refractivity contribution in [2.75, 3.05) is 18.5 Å². The summed E-state index contributed by atoms with van der Waals surface area (Å²) < 4.78 is 10.7. The third-order valence-electron chi connectivity index (χ3n) is 3.94. The van der Waals surface area contributed by atoms with Gasteiger partial charge in [0.2, 0.25) is 0 Å². The van der Waals surface area contributed by atoms with E-state index < -0.39 is 4.92 Å². The number of nitro benzene ring substituents is 1. The van der Waals surface area contributed by atoms with Crippen LogP contribution < -0.4 is 5.32 Å². The zero-order chi connectivity index (χ0) is 17.1. The van der Waals surface area contributed by atoms with Crippen LogP contribution in [0.25, 0.3) is 11.5 Å². The normalized spacial score (nSPS) is 17.4. The number of anilines is 1. The quantitative estimate of drug-likeness (QED) is 0.639. The second-order valence-electron chi connectivity index (χ2n) is 6.12. The van der Waals surface area contributed by atoms with Gasteiger partial charge >= 0.3 is 0 Å². The van der Waals surface area contributed by atoms with Gasteiger partial charge in [-0.25, -0.2) is 0 Å². The van der Waals surface area contributed by atoms with Gasteiger partial charge in [0, 0.05) is 30.7 Å². The van der Waals surface area contributed by atoms with Gasteiger partial charge in [0.1, 0.15) is 5.69 Å². The second-order valence-corrected chi connectivity index (χ2v) is 6.12. The first-order valence-electron chi connectivity index (χ1n) is 8.02. The Kier molecular flexibility index (Phi) is 4.75. The Morgan fingerprint density at radius 1 is 1.46 bits per heavy atom. The lowest BCUT2D eigenvalue weighted by Gasteiger charge is -2.12. The van der Waals surface area contributed by atoms with Gasteiger partial charge in [-0.3, -0.25) is 10.1 Å². The van der Waals surface area contributed by atoms with Crippen molar-refractivity contribution in [2.45, 2.75) is 38.7 Å². The highest BCUT2D eigenvalue weighted by atomic mass is 16.6. The molecule has 0 radical (unpaired) electrons. The minimum atomic E-state index is -0.416. The van der Waals surface area contributed by atoms with E-state index in [1.54, 1.807) is 12.1 Å². The van der Waals surface area contributed by atoms with Crippen LogP contribution in [0.15, 0.2) is 22.7 Å². The summed E-state index contributed by atoms with van der Waals surface area (Å²) in [7, 11) is 0. The van der Waals surface area contributed by atoms with E-state index >= 15 is 0 Å². The molecule has 1 aromatic heterocycles. The number of rotatable bonds is 6. The molecular weight excluding hydrogens is 312 g/mol. The largest absolute Gasteiger partial charge is 0.377 e. The number of nitrogens with zero attached hydrogens (tertiary/aromatic N) is 3. The van der Waals surface area contributed by atoms with Crippen LogP contribution in [-0.4, -0.2) is 34.3 Å². The molecule has 0 aliphatic carbocycles. The summed E-state index contributed by atoms with van der Waals surface area (Å²) in [6.07, 6.45) is 2.11. The molecule has 0 spiro atoms. The van der Waals surface area contributed by atoms with Crippen molar-refractivity contribution in [1.29, 1.82) is 0 Å². The summed E-state index contributed by atoms with van der Waals surface area (Å²) in [5.41, 5.74) is 0.974. The van der Waals surface area contributed by atoms with Crippen LogP contribution in [0.2, 0.25) is 0 Å². The van der Waals surface area contributed by atoms with Crippen molar-refractivity contribution in [1.82, 2.24) is 10.1 Å². The highest BCUT2D eigenvalue weighted by Crippen LogP contribution is 2.31. The maximum Gasteiger partial charge on any atom is 0.293 e. The van der Waals surface area contributed by atoms with Crippen LogP contribution in [-0.2, 0) is 4.74 Å². The first-order valence-corrected chi connectivity index (χ1v) is 8.02. The highest BCUT2D eigenvalue weighted by Gasteiger charge is 2.21. The van der Waals surface area contributed by atoms with Gasteiger partial charge in [0.15, 0.2) is 5.82 Å². The Bertz CT molecular complexity index is 723. The van der Waals surface area contributed by atoms with Crippen LogP contribution in [0.5, 0.6) is 0 Å². The fourth-order valence-corrected chi connectivity index (χ4v) is 2.58. The third-order valence-corrected chi connectivity index (χ3v) is 3.94. The molecular formula is C16H20N4O4. The van der Waals surface area contributed by atoms with Crippen molar-refractivity contribution in [2.24, 2.45) is 0 Å². The Labute approximate surface area is 139 Å². The number of nitrogens with one attached hydrogen (secondary N) is 1. The first kappa shape index (κ1) is 16.4. The number of benzene rings is 1. The van der Waals surface area contributed by atoms with Crippen LogP contribution in [0, 0.1) is 10.1 Å². The lowest BCUT2D eigenvalue weighted by atomic mass is 10.1. The molecule has 0 saturated carbocycles. The van der Waals surface area contributed by atoms with Crippen molar-refractivity contribution in [3.05, 3.63) is 34.1 Å². The van der Waals surface area contributed by atoms with Crippen molar-refractivity contribution >= 4 is 11.4 Å². The van der Waals surface area contributed by atoms with Gasteiger partial charge in [-0.05, 0) is 25.0 Å². The van der Waals surface area contributed by atoms with Crippen LogP contribution >= 0.6 is 0 Å². The number of hydrogen-bond donors (Lipinski definition) is 1. The Morgan fingerprint density at radius 3 is 2.92 bits per heavy atom. The number of hydrogen-bond acceptors (Lipinski definition) is 7. The fourth-order valence-electron chi connectivity index (χ4n) is 2.58. The Balaban J connectivity index is 1.81. The summed E-state index contributed by atoms with van der Waals surface area (Å²) in [6.45, 7) is 5.21. The summed E-state index contributed by atoms with van der Waals surface area (Å²) in [6, 6.07) is 4.86. The smallest absolute Gasteiger partial charge is 0.293 e. The monoisotopic (exact) mass is 332 g/mol. The minimum absolute atomic E-state index is 0.0187. The average molecular weight is 332 g/mol. The molecule has 1 fully saturated rings. The van der Waals surface area contributed by atoms with Crippen LogP contribution in [0.4, 0.5) is 11.4 Å². The molecule has 2 aromatic rings. The molecule has 1 saturated heterocycles. The fraction of sp³-hybridized carbons (Fsp3) is 0.500. The van der Waals surface area contributed by atoms with E-state index in [1.807, 2.05) is 13.8 Å². The zero-order valence-electron chi connectivity index (χ0n) is 13.7. The molecule has 1 aromatic carbocycles. The van der Waals surface area contributed by atoms with Gasteiger partial charge in [0.05, 0.1) is 11.0 Å². The predicted molar refractivity (Wildman–Crippen MR) is 87.9 cm³/mol. The maximum atomic E-state index is 11.4. The average Bonchev–Trinajstić information content (AvgIpc) is 3.24. The summed E-state index contributed by atoms with van der Waals surface area (Å²) in [5.74, 6) is 0.991. The van der Waals surface area contributed by atoms with Crippen molar-refractivity contribution in [3.8, 4) is 11.5 Å². The second kappa shape index (κ2) is 6.96. The van der Waals surface area contributed by atoms with Gasteiger partial charge in [-0.1, -0.05) is 19.0 Å². The van der Waals surface area contributed by atoms with E-state index in [4.69, 9.17) is 9.26 Å². The summed E-state index contributed by atoms with van der Waals surface area (Å²) in [4.78, 5) is 15.2. The van der Waals surface area contributed by atoms with Crippen molar-refractivity contribution in [3.63, 3.8) is 0 Å². The summed E-state index contributed by atoms with van der Waals surface area (Å²) >= 11 is 0. The highest BCUT2D eigenvalue weighted by molar-refractivity contribution is 5.69. The molecule has 1 aliphatic heterocycles. The van der Waals surface area contributed by atoms with Gasteiger partial charge in [-0.2, -0.15) is 4.98 Å².